The van der Waals surface area contributed by atoms with Gasteiger partial charge in [-0.1, -0.05) is 30.3 Å². The molecule has 0 atom stereocenters. The molecule has 3 N–H and O–H groups in total. The molecule has 0 radical (unpaired) electrons. The molecule has 1 aliphatic heterocycles. The zero-order chi connectivity index (χ0) is 28.2. The number of rotatable bonds is 11. The van der Waals surface area contributed by atoms with Crippen molar-refractivity contribution >= 4 is 29.0 Å². The van der Waals surface area contributed by atoms with Crippen molar-refractivity contribution in [3.8, 4) is 6.07 Å². The van der Waals surface area contributed by atoms with E-state index in [-0.39, 0.29) is 5.91 Å². The Labute approximate surface area is 236 Å². The van der Waals surface area contributed by atoms with Crippen LogP contribution in [-0.4, -0.2) is 44.8 Å². The molecule has 40 heavy (non-hydrogen) atoms. The standard InChI is InChI=1S/C32H37N5O3/c1-2-40-20-6-17-34-31(38)29-22-28(36-32(39)35-27-11-9-26(23-33)10-12-27)13-14-30(29)37-18-15-25(16-19-37)21-24-7-4-3-5-8-24/h3-5,7-14,22,25H,2,6,15-21H2,1H3,(H,34,38)(H2,35,36,39). The quantitative estimate of drug-likeness (QED) is 0.266. The van der Waals surface area contributed by atoms with Crippen LogP contribution in [-0.2, 0) is 11.2 Å². The normalized spacial score (nSPS) is 13.3. The fraction of sp³-hybridized carbons (Fsp3) is 0.344. The summed E-state index contributed by atoms with van der Waals surface area (Å²) in [5.41, 5.74) is 4.38. The fourth-order valence-electron chi connectivity index (χ4n) is 4.93. The minimum absolute atomic E-state index is 0.172. The summed E-state index contributed by atoms with van der Waals surface area (Å²) >= 11 is 0. The Kier molecular flexibility index (Phi) is 10.5. The predicted octanol–water partition coefficient (Wildman–Crippen LogP) is 5.82. The molecule has 3 amide bonds. The van der Waals surface area contributed by atoms with Gasteiger partial charge in [-0.05, 0) is 86.6 Å². The highest BCUT2D eigenvalue weighted by Gasteiger charge is 2.24. The first-order chi connectivity index (χ1) is 19.6. The number of nitrogens with one attached hydrogen (secondary N) is 3. The van der Waals surface area contributed by atoms with Gasteiger partial charge < -0.3 is 25.6 Å². The number of anilines is 3. The maximum atomic E-state index is 13.3. The first-order valence-corrected chi connectivity index (χ1v) is 13.9. The molecular weight excluding hydrogens is 502 g/mol. The average molecular weight is 540 g/mol. The first kappa shape index (κ1) is 28.7. The van der Waals surface area contributed by atoms with E-state index < -0.39 is 6.03 Å². The highest BCUT2D eigenvalue weighted by atomic mass is 16.5. The summed E-state index contributed by atoms with van der Waals surface area (Å²) in [6.07, 6.45) is 3.90. The van der Waals surface area contributed by atoms with Gasteiger partial charge in [0, 0.05) is 49.9 Å². The smallest absolute Gasteiger partial charge is 0.323 e. The molecule has 208 valence electrons. The molecule has 1 fully saturated rings. The third-order valence-electron chi connectivity index (χ3n) is 7.05. The van der Waals surface area contributed by atoms with E-state index in [1.807, 2.05) is 25.1 Å². The monoisotopic (exact) mass is 539 g/mol. The van der Waals surface area contributed by atoms with Crippen molar-refractivity contribution in [2.75, 3.05) is 48.4 Å². The van der Waals surface area contributed by atoms with E-state index in [4.69, 9.17) is 10.00 Å². The molecule has 3 aromatic rings. The van der Waals surface area contributed by atoms with Gasteiger partial charge in [0.1, 0.15) is 0 Å². The molecule has 0 aromatic heterocycles. The van der Waals surface area contributed by atoms with Gasteiger partial charge in [-0.2, -0.15) is 5.26 Å². The Morgan fingerprint density at radius 2 is 1.68 bits per heavy atom. The van der Waals surface area contributed by atoms with Crippen LogP contribution in [0.5, 0.6) is 0 Å². The number of ether oxygens (including phenoxy) is 1. The highest BCUT2D eigenvalue weighted by molar-refractivity contribution is 6.04. The van der Waals surface area contributed by atoms with Gasteiger partial charge >= 0.3 is 6.03 Å². The molecule has 1 heterocycles. The van der Waals surface area contributed by atoms with Crippen molar-refractivity contribution in [3.05, 3.63) is 89.5 Å². The Hall–Kier alpha value is -4.35. The van der Waals surface area contributed by atoms with Gasteiger partial charge in [0.2, 0.25) is 0 Å². The SMILES string of the molecule is CCOCCCNC(=O)c1cc(NC(=O)Nc2ccc(C#N)cc2)ccc1N1CCC(Cc2ccccc2)CC1. The molecule has 4 rings (SSSR count). The number of hydrogen-bond donors (Lipinski definition) is 3. The maximum absolute atomic E-state index is 13.3. The zero-order valence-electron chi connectivity index (χ0n) is 23.0. The Morgan fingerprint density at radius 3 is 2.38 bits per heavy atom. The minimum atomic E-state index is -0.428. The molecule has 0 spiro atoms. The van der Waals surface area contributed by atoms with Crippen LogP contribution >= 0.6 is 0 Å². The second kappa shape index (κ2) is 14.7. The number of urea groups is 1. The van der Waals surface area contributed by atoms with Crippen LogP contribution in [0.1, 0.15) is 47.7 Å². The molecule has 8 nitrogen and oxygen atoms in total. The largest absolute Gasteiger partial charge is 0.382 e. The van der Waals surface area contributed by atoms with Gasteiger partial charge in [-0.25, -0.2) is 4.79 Å². The van der Waals surface area contributed by atoms with Crippen molar-refractivity contribution in [1.82, 2.24) is 5.32 Å². The van der Waals surface area contributed by atoms with Crippen LogP contribution in [0.4, 0.5) is 21.9 Å². The van der Waals surface area contributed by atoms with Gasteiger partial charge in [-0.3, -0.25) is 4.79 Å². The van der Waals surface area contributed by atoms with Gasteiger partial charge in [-0.15, -0.1) is 0 Å². The maximum Gasteiger partial charge on any atom is 0.323 e. The van der Waals surface area contributed by atoms with Crippen LogP contribution < -0.4 is 20.9 Å². The van der Waals surface area contributed by atoms with E-state index in [2.05, 4.69) is 51.2 Å². The minimum Gasteiger partial charge on any atom is -0.382 e. The van der Waals surface area contributed by atoms with Crippen LogP contribution in [0.2, 0.25) is 0 Å². The van der Waals surface area contributed by atoms with E-state index in [0.29, 0.717) is 48.2 Å². The lowest BCUT2D eigenvalue weighted by atomic mass is 9.89. The molecule has 3 aromatic carbocycles. The molecular formula is C32H37N5O3. The lowest BCUT2D eigenvalue weighted by Crippen LogP contribution is -2.36. The predicted molar refractivity (Wildman–Crippen MR) is 159 cm³/mol. The second-order valence-electron chi connectivity index (χ2n) is 9.93. The van der Waals surface area contributed by atoms with Gasteiger partial charge in [0.15, 0.2) is 0 Å². The second-order valence-corrected chi connectivity index (χ2v) is 9.93. The Bertz CT molecular complexity index is 1300. The molecule has 0 unspecified atom stereocenters. The number of amides is 3. The summed E-state index contributed by atoms with van der Waals surface area (Å²) in [5.74, 6) is 0.440. The molecule has 0 saturated carbocycles. The van der Waals surface area contributed by atoms with Crippen molar-refractivity contribution in [2.24, 2.45) is 5.92 Å². The van der Waals surface area contributed by atoms with Crippen molar-refractivity contribution in [3.63, 3.8) is 0 Å². The van der Waals surface area contributed by atoms with Crippen LogP contribution in [0.15, 0.2) is 72.8 Å². The molecule has 1 aliphatic rings. The first-order valence-electron chi connectivity index (χ1n) is 13.9. The van der Waals surface area contributed by atoms with Crippen LogP contribution in [0.3, 0.4) is 0 Å². The number of hydrogen-bond acceptors (Lipinski definition) is 5. The number of nitrogens with zero attached hydrogens (tertiary/aromatic N) is 2. The van der Waals surface area contributed by atoms with E-state index in [1.165, 1.54) is 5.56 Å². The Morgan fingerprint density at radius 1 is 0.975 bits per heavy atom. The topological polar surface area (TPSA) is 106 Å². The molecule has 8 heteroatoms. The van der Waals surface area contributed by atoms with E-state index in [1.54, 1.807) is 30.3 Å². The number of nitriles is 1. The van der Waals surface area contributed by atoms with E-state index in [9.17, 15) is 9.59 Å². The summed E-state index contributed by atoms with van der Waals surface area (Å²) in [6.45, 7) is 5.44. The van der Waals surface area contributed by atoms with Gasteiger partial charge in [0.25, 0.3) is 5.91 Å². The fourth-order valence-corrected chi connectivity index (χ4v) is 4.93. The average Bonchev–Trinajstić information content (AvgIpc) is 2.98. The molecule has 1 saturated heterocycles. The van der Waals surface area contributed by atoms with E-state index >= 15 is 0 Å². The van der Waals surface area contributed by atoms with E-state index in [0.717, 1.165) is 44.5 Å². The van der Waals surface area contributed by atoms with Crippen molar-refractivity contribution in [1.29, 1.82) is 5.26 Å². The number of carbonyl (C=O) groups is 2. The molecule has 0 aliphatic carbocycles. The van der Waals surface area contributed by atoms with Crippen LogP contribution in [0, 0.1) is 17.2 Å². The lowest BCUT2D eigenvalue weighted by Gasteiger charge is -2.35. The third-order valence-corrected chi connectivity index (χ3v) is 7.05. The van der Waals surface area contributed by atoms with Crippen molar-refractivity contribution in [2.45, 2.75) is 32.6 Å². The third kappa shape index (κ3) is 8.32. The summed E-state index contributed by atoms with van der Waals surface area (Å²) in [5, 5.41) is 17.6. The summed E-state index contributed by atoms with van der Waals surface area (Å²) < 4.78 is 5.39. The zero-order valence-corrected chi connectivity index (χ0v) is 23.0. The molecule has 0 bridgehead atoms. The summed E-state index contributed by atoms with van der Waals surface area (Å²) in [4.78, 5) is 28.2. The van der Waals surface area contributed by atoms with Gasteiger partial charge in [0.05, 0.1) is 17.2 Å². The number of carbonyl (C=O) groups excluding carboxylic acids is 2. The number of piperidine rings is 1. The summed E-state index contributed by atoms with van der Waals surface area (Å²) in [6, 6.07) is 24.3. The Balaban J connectivity index is 1.43. The van der Waals surface area contributed by atoms with Crippen LogP contribution in [0.25, 0.3) is 0 Å². The van der Waals surface area contributed by atoms with Crippen molar-refractivity contribution < 1.29 is 14.3 Å². The lowest BCUT2D eigenvalue weighted by molar-refractivity contribution is 0.0944. The highest BCUT2D eigenvalue weighted by Crippen LogP contribution is 2.30. The summed E-state index contributed by atoms with van der Waals surface area (Å²) in [7, 11) is 0. The number of benzene rings is 3.